The SMILES string of the molecule is CN1CCN(C2(COc3nc4c(c(N5CCN[C@@H](CC#N)C5)n3)CCN(c3cncc5cccc(Cl)c35)C4)CC2)CC1. The minimum Gasteiger partial charge on any atom is -0.461 e. The maximum Gasteiger partial charge on any atom is 0.318 e. The topological polar surface area (TPSA) is 96.7 Å². The van der Waals surface area contributed by atoms with Gasteiger partial charge in [0.05, 0.1) is 47.2 Å². The maximum absolute atomic E-state index is 9.34. The lowest BCUT2D eigenvalue weighted by molar-refractivity contribution is 0.0650. The molecule has 1 aromatic carbocycles. The Labute approximate surface area is 252 Å². The van der Waals surface area contributed by atoms with Crippen molar-refractivity contribution in [2.75, 3.05) is 75.8 Å². The van der Waals surface area contributed by atoms with Gasteiger partial charge in [-0.2, -0.15) is 15.2 Å². The predicted molar refractivity (Wildman–Crippen MR) is 164 cm³/mol. The van der Waals surface area contributed by atoms with Crippen LogP contribution in [0.3, 0.4) is 0 Å². The lowest BCUT2D eigenvalue weighted by Crippen LogP contribution is -2.52. The minimum absolute atomic E-state index is 0.102. The Kier molecular flexibility index (Phi) is 7.53. The molecule has 0 radical (unpaired) electrons. The van der Waals surface area contributed by atoms with E-state index >= 15 is 0 Å². The van der Waals surface area contributed by atoms with E-state index in [0.29, 0.717) is 25.6 Å². The Morgan fingerprint density at radius 3 is 2.76 bits per heavy atom. The summed E-state index contributed by atoms with van der Waals surface area (Å²) in [6.45, 7) is 8.80. The van der Waals surface area contributed by atoms with Crippen LogP contribution in [0.5, 0.6) is 6.01 Å². The van der Waals surface area contributed by atoms with Gasteiger partial charge < -0.3 is 24.8 Å². The van der Waals surface area contributed by atoms with Gasteiger partial charge in [-0.25, -0.2) is 0 Å². The summed E-state index contributed by atoms with van der Waals surface area (Å²) in [6.07, 6.45) is 7.38. The molecule has 3 fully saturated rings. The second-order valence-corrected chi connectivity index (χ2v) is 12.6. The van der Waals surface area contributed by atoms with E-state index in [9.17, 15) is 5.26 Å². The molecule has 1 atom stereocenters. The lowest BCUT2D eigenvalue weighted by atomic mass is 10.0. The molecular formula is C31H38ClN9O. The summed E-state index contributed by atoms with van der Waals surface area (Å²) < 4.78 is 6.49. The number of anilines is 2. The average molecular weight is 588 g/mol. The van der Waals surface area contributed by atoms with Crippen molar-refractivity contribution in [3.8, 4) is 12.1 Å². The van der Waals surface area contributed by atoms with Gasteiger partial charge in [0.15, 0.2) is 0 Å². The summed E-state index contributed by atoms with van der Waals surface area (Å²) in [5, 5.41) is 15.6. The zero-order valence-electron chi connectivity index (χ0n) is 24.2. The summed E-state index contributed by atoms with van der Waals surface area (Å²) >= 11 is 6.69. The average Bonchev–Trinajstić information content (AvgIpc) is 3.81. The molecule has 3 aromatic rings. The van der Waals surface area contributed by atoms with Crippen molar-refractivity contribution >= 4 is 33.9 Å². The largest absolute Gasteiger partial charge is 0.461 e. The number of halogens is 1. The van der Waals surface area contributed by atoms with Crippen LogP contribution in [0.4, 0.5) is 11.5 Å². The zero-order valence-corrected chi connectivity index (χ0v) is 25.0. The highest BCUT2D eigenvalue weighted by Gasteiger charge is 2.49. The number of benzene rings is 1. The summed E-state index contributed by atoms with van der Waals surface area (Å²) in [5.74, 6) is 0.956. The molecule has 0 spiro atoms. The van der Waals surface area contributed by atoms with Crippen LogP contribution >= 0.6 is 11.6 Å². The fourth-order valence-electron chi connectivity index (χ4n) is 6.77. The van der Waals surface area contributed by atoms with E-state index in [2.05, 4.69) is 49.1 Å². The maximum atomic E-state index is 9.34. The van der Waals surface area contributed by atoms with Crippen molar-refractivity contribution in [2.24, 2.45) is 0 Å². The van der Waals surface area contributed by atoms with Gasteiger partial charge in [0, 0.05) is 80.9 Å². The molecule has 1 aliphatic carbocycles. The number of rotatable bonds is 7. The first-order valence-corrected chi connectivity index (χ1v) is 15.5. The molecule has 10 nitrogen and oxygen atoms in total. The minimum atomic E-state index is 0.102. The third-order valence-electron chi connectivity index (χ3n) is 9.44. The molecule has 220 valence electrons. The van der Waals surface area contributed by atoms with Gasteiger partial charge in [0.2, 0.25) is 0 Å². The van der Waals surface area contributed by atoms with Gasteiger partial charge in [-0.1, -0.05) is 23.7 Å². The van der Waals surface area contributed by atoms with E-state index in [-0.39, 0.29) is 11.6 Å². The van der Waals surface area contributed by atoms with Crippen LogP contribution in [-0.2, 0) is 13.0 Å². The summed E-state index contributed by atoms with van der Waals surface area (Å²) in [7, 11) is 2.19. The third-order valence-corrected chi connectivity index (χ3v) is 9.75. The number of piperazine rings is 2. The van der Waals surface area contributed by atoms with Crippen molar-refractivity contribution in [1.29, 1.82) is 5.26 Å². The fraction of sp³-hybridized carbons (Fsp3) is 0.548. The molecule has 5 heterocycles. The number of pyridine rings is 1. The van der Waals surface area contributed by atoms with Crippen LogP contribution in [0.25, 0.3) is 10.8 Å². The fourth-order valence-corrected chi connectivity index (χ4v) is 7.05. The van der Waals surface area contributed by atoms with Crippen LogP contribution in [-0.4, -0.2) is 102 Å². The first-order valence-electron chi connectivity index (χ1n) is 15.1. The molecular weight excluding hydrogens is 550 g/mol. The number of fused-ring (bicyclic) bond motifs is 2. The number of aromatic nitrogens is 3. The van der Waals surface area contributed by atoms with Crippen LogP contribution in [0.1, 0.15) is 30.5 Å². The van der Waals surface area contributed by atoms with E-state index in [1.54, 1.807) is 0 Å². The highest BCUT2D eigenvalue weighted by Crippen LogP contribution is 2.43. The molecule has 2 saturated heterocycles. The number of hydrogen-bond acceptors (Lipinski definition) is 10. The molecule has 3 aliphatic heterocycles. The molecule has 0 unspecified atom stereocenters. The molecule has 1 saturated carbocycles. The van der Waals surface area contributed by atoms with Crippen molar-refractivity contribution in [3.63, 3.8) is 0 Å². The van der Waals surface area contributed by atoms with Gasteiger partial charge in [-0.3, -0.25) is 9.88 Å². The van der Waals surface area contributed by atoms with Crippen molar-refractivity contribution < 1.29 is 4.74 Å². The Balaban J connectivity index is 1.19. The lowest BCUT2D eigenvalue weighted by Gasteiger charge is -2.38. The highest BCUT2D eigenvalue weighted by molar-refractivity contribution is 6.36. The van der Waals surface area contributed by atoms with Crippen molar-refractivity contribution in [3.05, 3.63) is 46.9 Å². The second kappa shape index (κ2) is 11.5. The second-order valence-electron chi connectivity index (χ2n) is 12.2. The first kappa shape index (κ1) is 27.6. The van der Waals surface area contributed by atoms with E-state index in [1.807, 2.05) is 24.5 Å². The summed E-state index contributed by atoms with van der Waals surface area (Å²) in [5.41, 5.74) is 3.29. The smallest absolute Gasteiger partial charge is 0.318 e. The summed E-state index contributed by atoms with van der Waals surface area (Å²) in [4.78, 5) is 24.3. The zero-order chi connectivity index (χ0) is 28.7. The van der Waals surface area contributed by atoms with Crippen LogP contribution in [0.2, 0.25) is 5.02 Å². The normalized spacial score (nSPS) is 22.5. The molecule has 2 aromatic heterocycles. The number of nitrogens with one attached hydrogen (secondary N) is 1. The van der Waals surface area contributed by atoms with E-state index in [4.69, 9.17) is 26.3 Å². The van der Waals surface area contributed by atoms with Gasteiger partial charge >= 0.3 is 6.01 Å². The number of ether oxygens (including phenoxy) is 1. The molecule has 0 amide bonds. The molecule has 4 aliphatic rings. The van der Waals surface area contributed by atoms with Crippen LogP contribution < -0.4 is 19.9 Å². The monoisotopic (exact) mass is 587 g/mol. The highest BCUT2D eigenvalue weighted by atomic mass is 35.5. The van der Waals surface area contributed by atoms with Crippen molar-refractivity contribution in [1.82, 2.24) is 30.1 Å². The molecule has 42 heavy (non-hydrogen) atoms. The van der Waals surface area contributed by atoms with Crippen molar-refractivity contribution in [2.45, 2.75) is 43.8 Å². The number of hydrogen-bond donors (Lipinski definition) is 1. The Bertz CT molecular complexity index is 1490. The third kappa shape index (κ3) is 5.35. The molecule has 0 bridgehead atoms. The number of nitriles is 1. The van der Waals surface area contributed by atoms with Gasteiger partial charge in [0.1, 0.15) is 12.4 Å². The van der Waals surface area contributed by atoms with E-state index in [0.717, 1.165) is 105 Å². The van der Waals surface area contributed by atoms with Gasteiger partial charge in [-0.15, -0.1) is 0 Å². The molecule has 7 rings (SSSR count). The summed E-state index contributed by atoms with van der Waals surface area (Å²) in [6, 6.07) is 8.86. The quantitative estimate of drug-likeness (QED) is 0.444. The van der Waals surface area contributed by atoms with Gasteiger partial charge in [-0.05, 0) is 32.4 Å². The Hall–Kier alpha value is -3.23. The van der Waals surface area contributed by atoms with Gasteiger partial charge in [0.25, 0.3) is 0 Å². The number of nitrogens with zero attached hydrogens (tertiary/aromatic N) is 8. The molecule has 11 heteroatoms. The Morgan fingerprint density at radius 1 is 1.10 bits per heavy atom. The first-order chi connectivity index (χ1) is 20.5. The standard InChI is InChI=1S/C31H38ClN9O/c1-38-13-15-41(16-14-38)31(7-8-31)21-42-30-36-26-20-39(27-18-34-17-22-3-2-4-25(32)28(22)27)11-6-24(26)29(37-30)40-12-10-35-23(19-40)5-9-33/h2-4,17-18,23,35H,5-8,10-16,19-21H2,1H3/t23-/m0/s1. The van der Waals surface area contributed by atoms with E-state index < -0.39 is 0 Å². The van der Waals surface area contributed by atoms with E-state index in [1.165, 1.54) is 5.56 Å². The predicted octanol–water partition coefficient (Wildman–Crippen LogP) is 3.09. The van der Waals surface area contributed by atoms with Crippen LogP contribution in [0.15, 0.2) is 30.6 Å². The Morgan fingerprint density at radius 2 is 1.95 bits per heavy atom. The molecule has 1 N–H and O–H groups in total. The van der Waals surface area contributed by atoms with Crippen LogP contribution in [0, 0.1) is 11.3 Å². The number of likely N-dealkylation sites (N-methyl/N-ethyl adjacent to an activating group) is 1.